The van der Waals surface area contributed by atoms with Gasteiger partial charge >= 0.3 is 6.18 Å². The Balaban J connectivity index is 1.98. The Morgan fingerprint density at radius 2 is 2.15 bits per heavy atom. The van der Waals surface area contributed by atoms with E-state index in [1.165, 1.54) is 18.2 Å². The molecule has 3 nitrogen and oxygen atoms in total. The number of amides is 1. The van der Waals surface area contributed by atoms with E-state index in [0.29, 0.717) is 5.69 Å². The summed E-state index contributed by atoms with van der Waals surface area (Å²) in [6, 6.07) is 5.64. The molecule has 0 bridgehead atoms. The highest BCUT2D eigenvalue weighted by molar-refractivity contribution is 5.94. The maximum Gasteiger partial charge on any atom is 0.393 e. The lowest BCUT2D eigenvalue weighted by Crippen LogP contribution is -2.43. The molecular formula is C14H17F3N2O. The van der Waals surface area contributed by atoms with Crippen LogP contribution in [0.2, 0.25) is 0 Å². The predicted molar refractivity (Wildman–Crippen MR) is 70.5 cm³/mol. The van der Waals surface area contributed by atoms with Gasteiger partial charge in [-0.05, 0) is 37.1 Å². The summed E-state index contributed by atoms with van der Waals surface area (Å²) in [7, 11) is 0. The van der Waals surface area contributed by atoms with Gasteiger partial charge in [-0.1, -0.05) is 18.6 Å². The Bertz CT molecular complexity index is 468. The molecule has 1 aliphatic heterocycles. The molecule has 110 valence electrons. The summed E-state index contributed by atoms with van der Waals surface area (Å²) in [5, 5.41) is 5.77. The van der Waals surface area contributed by atoms with Crippen LogP contribution in [-0.2, 0) is 11.2 Å². The van der Waals surface area contributed by atoms with Crippen molar-refractivity contribution in [3.8, 4) is 0 Å². The van der Waals surface area contributed by atoms with E-state index in [1.54, 1.807) is 6.07 Å². The number of carbonyl (C=O) groups excluding carboxylic acids is 1. The SMILES string of the molecule is O=C(Nc1cccc(CC(F)(F)F)c1)[C@@H]1CCCCN1. The molecule has 0 radical (unpaired) electrons. The van der Waals surface area contributed by atoms with E-state index in [2.05, 4.69) is 10.6 Å². The fraction of sp³-hybridized carbons (Fsp3) is 0.500. The number of hydrogen-bond acceptors (Lipinski definition) is 2. The molecule has 0 aliphatic carbocycles. The molecule has 1 saturated heterocycles. The average molecular weight is 286 g/mol. The summed E-state index contributed by atoms with van der Waals surface area (Å²) in [5.41, 5.74) is 0.552. The van der Waals surface area contributed by atoms with Crippen LogP contribution < -0.4 is 10.6 Å². The van der Waals surface area contributed by atoms with Gasteiger partial charge in [0, 0.05) is 5.69 Å². The highest BCUT2D eigenvalue weighted by Crippen LogP contribution is 2.23. The fourth-order valence-corrected chi connectivity index (χ4v) is 2.30. The number of rotatable bonds is 3. The van der Waals surface area contributed by atoms with E-state index in [9.17, 15) is 18.0 Å². The monoisotopic (exact) mass is 286 g/mol. The van der Waals surface area contributed by atoms with Gasteiger partial charge in [0.15, 0.2) is 0 Å². The van der Waals surface area contributed by atoms with Gasteiger partial charge in [0.1, 0.15) is 0 Å². The molecule has 0 spiro atoms. The molecule has 2 N–H and O–H groups in total. The highest BCUT2D eigenvalue weighted by atomic mass is 19.4. The van der Waals surface area contributed by atoms with Crippen molar-refractivity contribution >= 4 is 11.6 Å². The standard InChI is InChI=1S/C14H17F3N2O/c15-14(16,17)9-10-4-3-5-11(8-10)19-13(20)12-6-1-2-7-18-12/h3-5,8,12,18H,1-2,6-7,9H2,(H,19,20)/t12-/m0/s1. The molecule has 2 rings (SSSR count). The van der Waals surface area contributed by atoms with Crippen LogP contribution in [-0.4, -0.2) is 24.7 Å². The molecule has 20 heavy (non-hydrogen) atoms. The third kappa shape index (κ3) is 4.52. The first-order valence-electron chi connectivity index (χ1n) is 6.64. The van der Waals surface area contributed by atoms with Gasteiger partial charge < -0.3 is 10.6 Å². The smallest absolute Gasteiger partial charge is 0.325 e. The maximum atomic E-state index is 12.3. The van der Waals surface area contributed by atoms with Crippen molar-refractivity contribution in [2.75, 3.05) is 11.9 Å². The van der Waals surface area contributed by atoms with Gasteiger partial charge in [-0.15, -0.1) is 0 Å². The van der Waals surface area contributed by atoms with E-state index >= 15 is 0 Å². The van der Waals surface area contributed by atoms with Crippen molar-refractivity contribution in [2.45, 2.75) is 37.9 Å². The molecular weight excluding hydrogens is 269 g/mol. The molecule has 1 aromatic rings. The molecule has 1 fully saturated rings. The van der Waals surface area contributed by atoms with Crippen molar-refractivity contribution in [1.82, 2.24) is 5.32 Å². The summed E-state index contributed by atoms with van der Waals surface area (Å²) >= 11 is 0. The lowest BCUT2D eigenvalue weighted by Gasteiger charge is -2.22. The third-order valence-corrected chi connectivity index (χ3v) is 3.23. The molecule has 1 aliphatic rings. The van der Waals surface area contributed by atoms with Gasteiger partial charge in [0.05, 0.1) is 12.5 Å². The summed E-state index contributed by atoms with van der Waals surface area (Å²) < 4.78 is 37.0. The number of piperidine rings is 1. The van der Waals surface area contributed by atoms with Crippen molar-refractivity contribution in [3.63, 3.8) is 0 Å². The van der Waals surface area contributed by atoms with E-state index in [0.717, 1.165) is 25.8 Å². The molecule has 1 atom stereocenters. The molecule has 0 unspecified atom stereocenters. The van der Waals surface area contributed by atoms with Crippen LogP contribution in [0.3, 0.4) is 0 Å². The predicted octanol–water partition coefficient (Wildman–Crippen LogP) is 2.87. The Hall–Kier alpha value is -1.56. The number of nitrogens with one attached hydrogen (secondary N) is 2. The van der Waals surface area contributed by atoms with Crippen LogP contribution in [0.1, 0.15) is 24.8 Å². The van der Waals surface area contributed by atoms with Crippen molar-refractivity contribution in [2.24, 2.45) is 0 Å². The topological polar surface area (TPSA) is 41.1 Å². The van der Waals surface area contributed by atoms with Crippen molar-refractivity contribution < 1.29 is 18.0 Å². The number of hydrogen-bond donors (Lipinski definition) is 2. The molecule has 0 aromatic heterocycles. The van der Waals surface area contributed by atoms with E-state index in [1.807, 2.05) is 0 Å². The molecule has 6 heteroatoms. The van der Waals surface area contributed by atoms with Crippen LogP contribution in [0, 0.1) is 0 Å². The van der Waals surface area contributed by atoms with E-state index in [-0.39, 0.29) is 17.5 Å². The minimum absolute atomic E-state index is 0.145. The minimum atomic E-state index is -4.24. The molecule has 1 amide bonds. The minimum Gasteiger partial charge on any atom is -0.325 e. The first-order chi connectivity index (χ1) is 9.44. The lowest BCUT2D eigenvalue weighted by atomic mass is 10.0. The van der Waals surface area contributed by atoms with Crippen LogP contribution in [0.15, 0.2) is 24.3 Å². The highest BCUT2D eigenvalue weighted by Gasteiger charge is 2.27. The Labute approximate surface area is 115 Å². The van der Waals surface area contributed by atoms with Crippen molar-refractivity contribution in [3.05, 3.63) is 29.8 Å². The van der Waals surface area contributed by atoms with Crippen molar-refractivity contribution in [1.29, 1.82) is 0 Å². The Morgan fingerprint density at radius 3 is 2.80 bits per heavy atom. The lowest BCUT2D eigenvalue weighted by molar-refractivity contribution is -0.127. The fourth-order valence-electron chi connectivity index (χ4n) is 2.30. The van der Waals surface area contributed by atoms with Gasteiger partial charge in [-0.2, -0.15) is 13.2 Å². The zero-order chi connectivity index (χ0) is 14.6. The van der Waals surface area contributed by atoms with Crippen LogP contribution in [0.25, 0.3) is 0 Å². The summed E-state index contributed by atoms with van der Waals surface area (Å²) in [4.78, 5) is 12.0. The number of halogens is 3. The van der Waals surface area contributed by atoms with Crippen LogP contribution in [0.5, 0.6) is 0 Å². The molecule has 0 saturated carbocycles. The van der Waals surface area contributed by atoms with E-state index in [4.69, 9.17) is 0 Å². The zero-order valence-corrected chi connectivity index (χ0v) is 11.0. The Kier molecular flexibility index (Phi) is 4.65. The second-order valence-electron chi connectivity index (χ2n) is 4.98. The van der Waals surface area contributed by atoms with Gasteiger partial charge in [0.25, 0.3) is 0 Å². The normalized spacial score (nSPS) is 19.6. The Morgan fingerprint density at radius 1 is 1.35 bits per heavy atom. The molecule has 1 aromatic carbocycles. The second kappa shape index (κ2) is 6.26. The number of alkyl halides is 3. The summed E-state index contributed by atoms with van der Waals surface area (Å²) in [5.74, 6) is -0.186. The summed E-state index contributed by atoms with van der Waals surface area (Å²) in [6.45, 7) is 0.798. The average Bonchev–Trinajstić information content (AvgIpc) is 2.38. The third-order valence-electron chi connectivity index (χ3n) is 3.23. The first kappa shape index (κ1) is 14.8. The van der Waals surface area contributed by atoms with Crippen LogP contribution >= 0.6 is 0 Å². The molecule has 1 heterocycles. The van der Waals surface area contributed by atoms with Gasteiger partial charge in [-0.3, -0.25) is 4.79 Å². The number of anilines is 1. The van der Waals surface area contributed by atoms with Gasteiger partial charge in [0.2, 0.25) is 5.91 Å². The zero-order valence-electron chi connectivity index (χ0n) is 11.0. The van der Waals surface area contributed by atoms with Crippen LogP contribution in [0.4, 0.5) is 18.9 Å². The first-order valence-corrected chi connectivity index (χ1v) is 6.64. The van der Waals surface area contributed by atoms with E-state index < -0.39 is 12.6 Å². The summed E-state index contributed by atoms with van der Waals surface area (Å²) in [6.07, 6.45) is -2.44. The number of carbonyl (C=O) groups is 1. The second-order valence-corrected chi connectivity index (χ2v) is 4.98. The largest absolute Gasteiger partial charge is 0.393 e. The maximum absolute atomic E-state index is 12.3. The number of benzene rings is 1. The van der Waals surface area contributed by atoms with Gasteiger partial charge in [-0.25, -0.2) is 0 Å². The quantitative estimate of drug-likeness (QED) is 0.897.